The second kappa shape index (κ2) is 7.19. The molecule has 0 amide bonds. The summed E-state index contributed by atoms with van der Waals surface area (Å²) in [7, 11) is 0. The first kappa shape index (κ1) is 14.7. The lowest BCUT2D eigenvalue weighted by atomic mass is 10.2. The summed E-state index contributed by atoms with van der Waals surface area (Å²) in [6, 6.07) is 9.57. The predicted octanol–water partition coefficient (Wildman–Crippen LogP) is 2.92. The highest BCUT2D eigenvalue weighted by atomic mass is 16.5. The van der Waals surface area contributed by atoms with Gasteiger partial charge < -0.3 is 10.1 Å². The lowest BCUT2D eigenvalue weighted by Gasteiger charge is -2.10. The van der Waals surface area contributed by atoms with Crippen molar-refractivity contribution in [1.29, 1.82) is 0 Å². The number of carbonyl (C=O) groups is 1. The molecule has 0 bridgehead atoms. The van der Waals surface area contributed by atoms with Gasteiger partial charge in [-0.15, -0.1) is 6.58 Å². The maximum absolute atomic E-state index is 11.9. The van der Waals surface area contributed by atoms with Crippen LogP contribution in [0.4, 0.5) is 5.82 Å². The lowest BCUT2D eigenvalue weighted by Crippen LogP contribution is -2.12. The van der Waals surface area contributed by atoms with Gasteiger partial charge in [0, 0.05) is 18.3 Å². The second-order valence-electron chi connectivity index (χ2n) is 4.21. The molecule has 2 rings (SSSR count). The van der Waals surface area contributed by atoms with Gasteiger partial charge in [0.05, 0.1) is 6.61 Å². The van der Waals surface area contributed by atoms with E-state index in [1.165, 1.54) is 6.20 Å². The van der Waals surface area contributed by atoms with Gasteiger partial charge >= 0.3 is 5.97 Å². The number of nitrogens with zero attached hydrogens (tertiary/aromatic N) is 2. The van der Waals surface area contributed by atoms with E-state index >= 15 is 0 Å². The van der Waals surface area contributed by atoms with Crippen LogP contribution in [0.1, 0.15) is 17.3 Å². The van der Waals surface area contributed by atoms with Crippen LogP contribution in [0.15, 0.2) is 49.2 Å². The van der Waals surface area contributed by atoms with Crippen LogP contribution < -0.4 is 5.32 Å². The van der Waals surface area contributed by atoms with Gasteiger partial charge in [0.25, 0.3) is 0 Å². The lowest BCUT2D eigenvalue weighted by molar-refractivity contribution is 0.0526. The van der Waals surface area contributed by atoms with Crippen LogP contribution in [0.25, 0.3) is 11.4 Å². The molecule has 5 heteroatoms. The molecule has 0 aliphatic carbocycles. The minimum Gasteiger partial charge on any atom is -0.462 e. The van der Waals surface area contributed by atoms with E-state index in [-0.39, 0.29) is 0 Å². The van der Waals surface area contributed by atoms with Crippen LogP contribution in [0.5, 0.6) is 0 Å². The van der Waals surface area contributed by atoms with Gasteiger partial charge in [-0.25, -0.2) is 14.8 Å². The summed E-state index contributed by atoms with van der Waals surface area (Å²) >= 11 is 0. The summed E-state index contributed by atoms with van der Waals surface area (Å²) in [5.41, 5.74) is 1.20. The highest BCUT2D eigenvalue weighted by molar-refractivity contribution is 5.94. The maximum atomic E-state index is 11.9. The van der Waals surface area contributed by atoms with E-state index < -0.39 is 5.97 Å². The highest BCUT2D eigenvalue weighted by Gasteiger charge is 2.15. The Morgan fingerprint density at radius 1 is 1.38 bits per heavy atom. The van der Waals surface area contributed by atoms with Crippen molar-refractivity contribution in [2.24, 2.45) is 0 Å². The smallest absolute Gasteiger partial charge is 0.343 e. The van der Waals surface area contributed by atoms with Crippen LogP contribution in [0, 0.1) is 0 Å². The summed E-state index contributed by atoms with van der Waals surface area (Å²) in [4.78, 5) is 20.6. The highest BCUT2D eigenvalue weighted by Crippen LogP contribution is 2.19. The SMILES string of the molecule is C=CCNc1nc(-c2ccccc2)ncc1C(=O)OCC. The van der Waals surface area contributed by atoms with Crippen molar-refractivity contribution < 1.29 is 9.53 Å². The first-order chi connectivity index (χ1) is 10.3. The number of carbonyl (C=O) groups excluding carboxylic acids is 1. The Hall–Kier alpha value is -2.69. The van der Waals surface area contributed by atoms with Crippen LogP contribution >= 0.6 is 0 Å². The molecule has 0 aliphatic heterocycles. The number of rotatable bonds is 6. The third kappa shape index (κ3) is 3.66. The molecule has 0 atom stereocenters. The standard InChI is InChI=1S/C16H17N3O2/c1-3-10-17-15-13(16(20)21-4-2)11-18-14(19-15)12-8-6-5-7-9-12/h3,5-9,11H,1,4,10H2,2H3,(H,17,18,19). The van der Waals surface area contributed by atoms with Gasteiger partial charge in [0.15, 0.2) is 5.82 Å². The minimum absolute atomic E-state index is 0.306. The third-order valence-electron chi connectivity index (χ3n) is 2.73. The fourth-order valence-corrected chi connectivity index (χ4v) is 1.77. The molecule has 1 N–H and O–H groups in total. The number of hydrogen-bond acceptors (Lipinski definition) is 5. The van der Waals surface area contributed by atoms with Crippen molar-refractivity contribution in [2.45, 2.75) is 6.92 Å². The largest absolute Gasteiger partial charge is 0.462 e. The summed E-state index contributed by atoms with van der Waals surface area (Å²) in [6.45, 7) is 6.21. The zero-order valence-electron chi connectivity index (χ0n) is 11.9. The summed E-state index contributed by atoms with van der Waals surface area (Å²) in [5, 5.41) is 3.04. The number of anilines is 1. The zero-order valence-corrected chi connectivity index (χ0v) is 11.9. The van der Waals surface area contributed by atoms with Crippen molar-refractivity contribution in [2.75, 3.05) is 18.5 Å². The second-order valence-corrected chi connectivity index (χ2v) is 4.21. The first-order valence-electron chi connectivity index (χ1n) is 6.70. The molecule has 5 nitrogen and oxygen atoms in total. The van der Waals surface area contributed by atoms with Crippen LogP contribution in [-0.4, -0.2) is 29.1 Å². The van der Waals surface area contributed by atoms with E-state index in [2.05, 4.69) is 21.9 Å². The van der Waals surface area contributed by atoms with E-state index in [1.807, 2.05) is 30.3 Å². The Labute approximate surface area is 123 Å². The van der Waals surface area contributed by atoms with Crippen LogP contribution in [-0.2, 0) is 4.74 Å². The molecular formula is C16H17N3O2. The van der Waals surface area contributed by atoms with E-state index in [4.69, 9.17) is 4.74 Å². The Balaban J connectivity index is 2.39. The Morgan fingerprint density at radius 3 is 2.81 bits per heavy atom. The van der Waals surface area contributed by atoms with Gasteiger partial charge in [-0.3, -0.25) is 0 Å². The molecule has 0 fully saturated rings. The summed E-state index contributed by atoms with van der Waals surface area (Å²) in [6.07, 6.45) is 3.18. The third-order valence-corrected chi connectivity index (χ3v) is 2.73. The number of aromatic nitrogens is 2. The van der Waals surface area contributed by atoms with E-state index in [9.17, 15) is 4.79 Å². The molecule has 0 saturated carbocycles. The molecule has 0 unspecified atom stereocenters. The molecule has 21 heavy (non-hydrogen) atoms. The normalized spacial score (nSPS) is 9.95. The van der Waals surface area contributed by atoms with Crippen molar-refractivity contribution >= 4 is 11.8 Å². The molecule has 0 spiro atoms. The van der Waals surface area contributed by atoms with Crippen molar-refractivity contribution in [3.05, 3.63) is 54.7 Å². The fourth-order valence-electron chi connectivity index (χ4n) is 1.77. The molecule has 1 aromatic heterocycles. The summed E-state index contributed by atoms with van der Waals surface area (Å²) in [5.74, 6) is 0.557. The van der Waals surface area contributed by atoms with Crippen molar-refractivity contribution in [3.8, 4) is 11.4 Å². The average Bonchev–Trinajstić information content (AvgIpc) is 2.53. The number of nitrogens with one attached hydrogen (secondary N) is 1. The first-order valence-corrected chi connectivity index (χ1v) is 6.70. The zero-order chi connectivity index (χ0) is 15.1. The van der Waals surface area contributed by atoms with Gasteiger partial charge in [0.1, 0.15) is 11.4 Å². The van der Waals surface area contributed by atoms with E-state index in [0.29, 0.717) is 30.4 Å². The number of esters is 1. The van der Waals surface area contributed by atoms with Gasteiger partial charge in [-0.1, -0.05) is 36.4 Å². The number of benzene rings is 1. The molecule has 2 aromatic rings. The number of ether oxygens (including phenoxy) is 1. The Bertz CT molecular complexity index is 627. The van der Waals surface area contributed by atoms with E-state index in [0.717, 1.165) is 5.56 Å². The topological polar surface area (TPSA) is 64.1 Å². The molecule has 0 radical (unpaired) electrons. The number of hydrogen-bond donors (Lipinski definition) is 1. The average molecular weight is 283 g/mol. The maximum Gasteiger partial charge on any atom is 0.343 e. The van der Waals surface area contributed by atoms with Crippen molar-refractivity contribution in [1.82, 2.24) is 9.97 Å². The molecule has 1 heterocycles. The Kier molecular flexibility index (Phi) is 5.04. The molecule has 0 saturated heterocycles. The van der Waals surface area contributed by atoms with Gasteiger partial charge in [-0.2, -0.15) is 0 Å². The van der Waals surface area contributed by atoms with Crippen molar-refractivity contribution in [3.63, 3.8) is 0 Å². The van der Waals surface area contributed by atoms with Gasteiger partial charge in [0.2, 0.25) is 0 Å². The molecule has 0 aliphatic rings. The fraction of sp³-hybridized carbons (Fsp3) is 0.188. The minimum atomic E-state index is -0.441. The monoisotopic (exact) mass is 283 g/mol. The molecule has 1 aromatic carbocycles. The predicted molar refractivity (Wildman–Crippen MR) is 82.1 cm³/mol. The van der Waals surface area contributed by atoms with Gasteiger partial charge in [-0.05, 0) is 6.92 Å². The van der Waals surface area contributed by atoms with Crippen LogP contribution in [0.3, 0.4) is 0 Å². The van der Waals surface area contributed by atoms with Crippen LogP contribution in [0.2, 0.25) is 0 Å². The molecular weight excluding hydrogens is 266 g/mol. The quantitative estimate of drug-likeness (QED) is 0.652. The van der Waals surface area contributed by atoms with E-state index in [1.54, 1.807) is 13.0 Å². The molecule has 108 valence electrons. The summed E-state index contributed by atoms with van der Waals surface area (Å²) < 4.78 is 5.01. The Morgan fingerprint density at radius 2 is 2.14 bits per heavy atom.